The van der Waals surface area contributed by atoms with Crippen LogP contribution >= 0.6 is 0 Å². The van der Waals surface area contributed by atoms with Crippen LogP contribution in [0.25, 0.3) is 0 Å². The van der Waals surface area contributed by atoms with Gasteiger partial charge in [0.25, 0.3) is 0 Å². The number of phenols is 2. The molecular weight excluding hydrogens is 993 g/mol. The summed E-state index contributed by atoms with van der Waals surface area (Å²) in [4.78, 5) is 0. The summed E-state index contributed by atoms with van der Waals surface area (Å²) >= 11 is 0. The maximum absolute atomic E-state index is 12.6. The van der Waals surface area contributed by atoms with Gasteiger partial charge in [0.05, 0.1) is 12.2 Å². The lowest BCUT2D eigenvalue weighted by Crippen LogP contribution is -2.44. The molecule has 4 saturated carbocycles. The summed E-state index contributed by atoms with van der Waals surface area (Å²) in [6, 6.07) is 22.3. The van der Waals surface area contributed by atoms with E-state index in [9.17, 15) is 20.4 Å². The number of imidazole rings is 4. The minimum atomic E-state index is -0.209. The van der Waals surface area contributed by atoms with Gasteiger partial charge in [-0.3, -0.25) is 0 Å². The molecule has 12 bridgehead atoms. The highest BCUT2D eigenvalue weighted by molar-refractivity contribution is 5.54. The third-order valence-electron chi connectivity index (χ3n) is 22.3. The zero-order valence-electron chi connectivity index (χ0n) is 46.8. The number of aromatic hydroxyl groups is 2. The van der Waals surface area contributed by atoms with Crippen molar-refractivity contribution in [3.8, 4) is 11.5 Å². The molecule has 7 aliphatic rings. The fourth-order valence-corrected chi connectivity index (χ4v) is 18.0. The van der Waals surface area contributed by atoms with Crippen molar-refractivity contribution in [3.63, 3.8) is 0 Å². The Balaban J connectivity index is 0.792. The molecule has 0 spiro atoms. The molecule has 80 heavy (non-hydrogen) atoms. The molecule has 0 radical (unpaired) electrons. The Hall–Kier alpha value is -6.76. The van der Waals surface area contributed by atoms with Crippen molar-refractivity contribution in [2.45, 2.75) is 167 Å². The van der Waals surface area contributed by atoms with Gasteiger partial charge in [0.15, 0.2) is 0 Å². The van der Waals surface area contributed by atoms with E-state index in [-0.39, 0.29) is 23.0 Å². The zero-order chi connectivity index (χ0) is 54.0. The number of aliphatic hydroxyl groups excluding tert-OH is 2. The quantitative estimate of drug-likeness (QED) is 0.114. The van der Waals surface area contributed by atoms with Crippen molar-refractivity contribution in [2.24, 2.45) is 34.5 Å². The first-order chi connectivity index (χ1) is 38.9. The summed E-state index contributed by atoms with van der Waals surface area (Å²) < 4.78 is 18.1. The third-order valence-corrected chi connectivity index (χ3v) is 22.3. The van der Waals surface area contributed by atoms with Crippen molar-refractivity contribution in [1.82, 2.24) is 18.3 Å². The van der Waals surface area contributed by atoms with Crippen molar-refractivity contribution in [3.05, 3.63) is 202 Å². The topological polar surface area (TPSA) is 116 Å². The van der Waals surface area contributed by atoms with Crippen LogP contribution in [0.4, 0.5) is 0 Å². The fraction of sp³-hybridized carbons (Fsp3) is 0.471. The van der Waals surface area contributed by atoms with E-state index in [1.165, 1.54) is 44.5 Å². The van der Waals surface area contributed by atoms with Gasteiger partial charge in [0.1, 0.15) is 113 Å². The van der Waals surface area contributed by atoms with Crippen molar-refractivity contribution in [2.75, 3.05) is 0 Å². The monoisotopic (exact) mass is 1070 g/mol. The van der Waals surface area contributed by atoms with Gasteiger partial charge in [0, 0.05) is 44.5 Å². The predicted molar refractivity (Wildman–Crippen MR) is 302 cm³/mol. The van der Waals surface area contributed by atoms with E-state index in [4.69, 9.17) is 0 Å². The van der Waals surface area contributed by atoms with Gasteiger partial charge in [-0.15, -0.1) is 0 Å². The van der Waals surface area contributed by atoms with Gasteiger partial charge >= 0.3 is 0 Å². The molecule has 0 saturated heterocycles. The van der Waals surface area contributed by atoms with Gasteiger partial charge in [-0.1, -0.05) is 62.4 Å². The minimum absolute atomic E-state index is 0.000357. The maximum atomic E-state index is 12.6. The molecule has 10 atom stereocenters. The SMILES string of the molecule is C[C@]12CC[C@@H]3c4cc5c(O)c(c4CC[C@H]3[C@@H]1CC[C@@H]2O)Cn1cc[n+](c1)Cc1ccccc1C[n+]1ccn(c1)Cc1c(O)c(cc2c1CC[C@@H]1[C@@H]2CC[C@]2(C)[C@@H](O)CC[C@@H]12)C[n+]1ccn(c1)Cc1ccccc1Cn1cc[n+](c1)C5. The minimum Gasteiger partial charge on any atom is -0.507 e. The first kappa shape index (κ1) is 50.2. The van der Waals surface area contributed by atoms with Crippen LogP contribution in [0.2, 0.25) is 0 Å². The molecule has 4 aromatic carbocycles. The van der Waals surface area contributed by atoms with Crippen LogP contribution in [0.15, 0.2) is 136 Å². The van der Waals surface area contributed by atoms with Gasteiger partial charge in [-0.25, -0.2) is 36.5 Å². The first-order valence-corrected chi connectivity index (χ1v) is 30.3. The lowest BCUT2D eigenvalue weighted by molar-refractivity contribution is -0.693. The van der Waals surface area contributed by atoms with Crippen LogP contribution in [0.1, 0.15) is 157 Å². The summed E-state index contributed by atoms with van der Waals surface area (Å²) in [5.41, 5.74) is 14.6. The van der Waals surface area contributed by atoms with Crippen molar-refractivity contribution >= 4 is 0 Å². The Morgan fingerprint density at radius 3 is 1.19 bits per heavy atom. The van der Waals surface area contributed by atoms with Crippen LogP contribution in [-0.4, -0.2) is 50.9 Å². The second-order valence-electron chi connectivity index (χ2n) is 26.5. The number of fused-ring (bicyclic) bond motifs is 26. The van der Waals surface area contributed by atoms with Gasteiger partial charge in [-0.2, -0.15) is 0 Å². The van der Waals surface area contributed by atoms with Crippen LogP contribution in [0.5, 0.6) is 11.5 Å². The van der Waals surface area contributed by atoms with Crippen LogP contribution in [-0.2, 0) is 65.2 Å². The number of phenolic OH excluding ortho intramolecular Hbond substituents is 2. The molecule has 412 valence electrons. The lowest BCUT2D eigenvalue weighted by atomic mass is 9.55. The molecule has 4 fully saturated rings. The van der Waals surface area contributed by atoms with Gasteiger partial charge in [0.2, 0.25) is 25.3 Å². The third kappa shape index (κ3) is 8.51. The van der Waals surface area contributed by atoms with Crippen molar-refractivity contribution in [1.29, 1.82) is 0 Å². The number of benzene rings is 4. The summed E-state index contributed by atoms with van der Waals surface area (Å²) in [5, 5.41) is 47.7. The molecule has 6 aliphatic carbocycles. The zero-order valence-corrected chi connectivity index (χ0v) is 46.8. The summed E-state index contributed by atoms with van der Waals surface area (Å²) in [6.45, 7) is 9.91. The lowest BCUT2D eigenvalue weighted by Gasteiger charge is -2.50. The molecule has 0 amide bonds. The van der Waals surface area contributed by atoms with Crippen molar-refractivity contribution < 1.29 is 38.7 Å². The smallest absolute Gasteiger partial charge is 0.244 e. The number of aliphatic hydroxyl groups is 2. The van der Waals surface area contributed by atoms with E-state index >= 15 is 0 Å². The number of hydrogen-bond acceptors (Lipinski definition) is 4. The summed E-state index contributed by atoms with van der Waals surface area (Å²) in [7, 11) is 0. The molecule has 5 heterocycles. The molecule has 12 heteroatoms. The highest BCUT2D eigenvalue weighted by Gasteiger charge is 2.56. The second-order valence-corrected chi connectivity index (χ2v) is 26.5. The van der Waals surface area contributed by atoms with Crippen LogP contribution in [0.3, 0.4) is 0 Å². The number of rotatable bonds is 0. The van der Waals surface area contributed by atoms with E-state index in [0.29, 0.717) is 86.3 Å². The van der Waals surface area contributed by atoms with E-state index in [0.717, 1.165) is 112 Å². The highest BCUT2D eigenvalue weighted by Crippen LogP contribution is 2.63. The fourth-order valence-electron chi connectivity index (χ4n) is 18.0. The molecule has 4 aromatic heterocycles. The predicted octanol–water partition coefficient (Wildman–Crippen LogP) is 8.59. The van der Waals surface area contributed by atoms with Crippen LogP contribution < -0.4 is 18.3 Å². The molecule has 4 N–H and O–H groups in total. The normalized spacial score (nSPS) is 28.9. The number of hydrogen-bond donors (Lipinski definition) is 4. The average Bonchev–Trinajstić information content (AvgIpc) is 4.50. The highest BCUT2D eigenvalue weighted by atomic mass is 16.3. The molecule has 15 rings (SSSR count). The molecule has 0 unspecified atom stereocenters. The average molecular weight is 1070 g/mol. The van der Waals surface area contributed by atoms with E-state index < -0.39 is 0 Å². The maximum Gasteiger partial charge on any atom is 0.244 e. The molecule has 1 aliphatic heterocycles. The molecular formula is C68H80N8O4+4. The van der Waals surface area contributed by atoms with Gasteiger partial charge < -0.3 is 20.4 Å². The Labute approximate surface area is 470 Å². The second kappa shape index (κ2) is 19.5. The molecule has 8 aromatic rings. The standard InChI is InChI=1S/C68H78N8O4/c1-67-21-19-53-55(61(67)15-17-63(67)77)13-11-51-57(53)31-49-37-73-25-23-69(41-73)33-45-7-3-4-8-46(45)34-70-24-26-74(42-70)38-50-32-58-52(12-14-56-54(58)20-22-68(2)62(56)16-18-64(68)78)60(66(50)80)40-76-30-28-72(44-76)36-48-10-6-5-9-47(48)35-71-27-29-75(43-71)39-59(51)65(49)79/h3-10,23-32,41-44,53-56,61-64,77-78H,11-22,33-40H2,1-2H3/q+2/p+2/t53-,54-,55+,56+,61-,62-,63-,64-,67-,68-/m0/s1. The Morgan fingerprint density at radius 2 is 0.787 bits per heavy atom. The first-order valence-electron chi connectivity index (χ1n) is 30.3. The summed E-state index contributed by atoms with van der Waals surface area (Å²) in [6.07, 6.45) is 38.1. The Bertz CT molecular complexity index is 3440. The van der Waals surface area contributed by atoms with Gasteiger partial charge in [-0.05, 0) is 158 Å². The number of nitrogens with zero attached hydrogens (tertiary/aromatic N) is 8. The number of aromatic nitrogens is 8. The van der Waals surface area contributed by atoms with E-state index in [2.05, 4.69) is 186 Å². The van der Waals surface area contributed by atoms with E-state index in [1.54, 1.807) is 0 Å². The largest absolute Gasteiger partial charge is 0.507 e. The van der Waals surface area contributed by atoms with Crippen LogP contribution in [0, 0.1) is 34.5 Å². The Kier molecular flexibility index (Phi) is 12.2. The Morgan fingerprint density at radius 1 is 0.425 bits per heavy atom. The van der Waals surface area contributed by atoms with E-state index in [1.807, 2.05) is 0 Å². The molecule has 12 nitrogen and oxygen atoms in total. The summed E-state index contributed by atoms with van der Waals surface area (Å²) in [5.74, 6) is 3.85.